The maximum Gasteiger partial charge on any atom is 0.130 e. The van der Waals surface area contributed by atoms with Gasteiger partial charge < -0.3 is 4.74 Å². The quantitative estimate of drug-likeness (QED) is 0.681. The summed E-state index contributed by atoms with van der Waals surface area (Å²) in [6.45, 7) is 6.75. The van der Waals surface area contributed by atoms with E-state index in [2.05, 4.69) is 75.4 Å². The minimum atomic E-state index is -0.0755. The second-order valence-electron chi connectivity index (χ2n) is 6.73. The molecule has 1 aliphatic carbocycles. The largest absolute Gasteiger partial charge is 0.496 e. The number of benzene rings is 2. The van der Waals surface area contributed by atoms with E-state index in [4.69, 9.17) is 4.74 Å². The first-order valence-electron chi connectivity index (χ1n) is 8.14. The van der Waals surface area contributed by atoms with Crippen molar-refractivity contribution in [1.29, 1.82) is 0 Å². The molecule has 0 saturated heterocycles. The molecule has 2 aromatic rings. The van der Waals surface area contributed by atoms with Crippen LogP contribution in [0.15, 0.2) is 71.8 Å². The lowest BCUT2D eigenvalue weighted by Gasteiger charge is -2.29. The van der Waals surface area contributed by atoms with Gasteiger partial charge in [-0.05, 0) is 24.5 Å². The fraction of sp³-hybridized carbons (Fsp3) is 0.273. The zero-order valence-corrected chi connectivity index (χ0v) is 14.4. The highest BCUT2D eigenvalue weighted by Crippen LogP contribution is 2.44. The summed E-state index contributed by atoms with van der Waals surface area (Å²) in [4.78, 5) is 0. The highest BCUT2D eigenvalue weighted by atomic mass is 16.5. The van der Waals surface area contributed by atoms with Crippen molar-refractivity contribution in [3.05, 3.63) is 77.4 Å². The summed E-state index contributed by atoms with van der Waals surface area (Å²) in [5, 5.41) is 0. The smallest absolute Gasteiger partial charge is 0.130 e. The highest BCUT2D eigenvalue weighted by molar-refractivity contribution is 5.73. The fourth-order valence-electron chi connectivity index (χ4n) is 3.34. The molecule has 0 radical (unpaired) electrons. The minimum Gasteiger partial charge on any atom is -0.496 e. The number of hydrogen-bond donors (Lipinski definition) is 0. The van der Waals surface area contributed by atoms with Crippen LogP contribution in [0, 0.1) is 0 Å². The van der Waals surface area contributed by atoms with E-state index in [0.29, 0.717) is 0 Å². The molecule has 1 heteroatoms. The number of methoxy groups -OCH3 is 1. The highest BCUT2D eigenvalue weighted by Gasteiger charge is 2.30. The number of rotatable bonds is 4. The first-order valence-corrected chi connectivity index (χ1v) is 8.14. The van der Waals surface area contributed by atoms with Crippen LogP contribution >= 0.6 is 0 Å². The van der Waals surface area contributed by atoms with Crippen molar-refractivity contribution in [2.45, 2.75) is 32.6 Å². The maximum absolute atomic E-state index is 5.86. The van der Waals surface area contributed by atoms with Gasteiger partial charge in [0.15, 0.2) is 0 Å². The van der Waals surface area contributed by atoms with E-state index in [0.717, 1.165) is 17.7 Å². The van der Waals surface area contributed by atoms with Crippen molar-refractivity contribution >= 4 is 0 Å². The first-order chi connectivity index (χ1) is 11.0. The Morgan fingerprint density at radius 3 is 2.30 bits per heavy atom. The Hall–Kier alpha value is -2.28. The summed E-state index contributed by atoms with van der Waals surface area (Å²) < 4.78 is 5.86. The second kappa shape index (κ2) is 6.08. The van der Waals surface area contributed by atoms with E-state index < -0.39 is 0 Å². The van der Waals surface area contributed by atoms with Crippen LogP contribution in [0.1, 0.15) is 32.8 Å². The van der Waals surface area contributed by atoms with Crippen LogP contribution in [-0.2, 0) is 5.41 Å². The van der Waals surface area contributed by atoms with Crippen molar-refractivity contribution in [2.75, 3.05) is 7.11 Å². The standard InChI is InChI=1S/C22H24O/c1-16-13-14-18(15-16)22(2,3)20-12-8-11-19(21(20)23-4)17-9-6-5-7-10-17/h5-12,14-15H,13H2,1-4H3. The Balaban J connectivity index is 2.14. The number of para-hydroxylation sites is 1. The molecule has 0 aromatic heterocycles. The molecule has 23 heavy (non-hydrogen) atoms. The Kier molecular flexibility index (Phi) is 4.12. The Bertz CT molecular complexity index is 764. The lowest BCUT2D eigenvalue weighted by Crippen LogP contribution is -2.20. The molecule has 1 nitrogen and oxygen atoms in total. The van der Waals surface area contributed by atoms with Gasteiger partial charge in [0.25, 0.3) is 0 Å². The molecule has 0 bridgehead atoms. The Morgan fingerprint density at radius 1 is 0.957 bits per heavy atom. The van der Waals surface area contributed by atoms with Crippen LogP contribution in [0.4, 0.5) is 0 Å². The van der Waals surface area contributed by atoms with E-state index in [1.807, 2.05) is 6.07 Å². The van der Waals surface area contributed by atoms with Crippen LogP contribution < -0.4 is 4.74 Å². The van der Waals surface area contributed by atoms with Gasteiger partial charge in [-0.2, -0.15) is 0 Å². The molecule has 0 spiro atoms. The van der Waals surface area contributed by atoms with Gasteiger partial charge in [-0.15, -0.1) is 0 Å². The molecule has 0 heterocycles. The average molecular weight is 304 g/mol. The molecule has 118 valence electrons. The van der Waals surface area contributed by atoms with Crippen LogP contribution in [0.25, 0.3) is 11.1 Å². The first kappa shape index (κ1) is 15.6. The SMILES string of the molecule is COc1c(-c2ccccc2)cccc1C(C)(C)C1=CCC(C)=C1. The number of hydrogen-bond acceptors (Lipinski definition) is 1. The molecule has 0 amide bonds. The van der Waals surface area contributed by atoms with Gasteiger partial charge in [0, 0.05) is 16.5 Å². The monoisotopic (exact) mass is 304 g/mol. The van der Waals surface area contributed by atoms with Crippen molar-refractivity contribution in [3.63, 3.8) is 0 Å². The number of ether oxygens (including phenoxy) is 1. The number of allylic oxidation sites excluding steroid dienone is 4. The molecule has 2 aromatic carbocycles. The maximum atomic E-state index is 5.86. The molecule has 1 aliphatic rings. The van der Waals surface area contributed by atoms with E-state index in [1.54, 1.807) is 7.11 Å². The summed E-state index contributed by atoms with van der Waals surface area (Å²) in [5.74, 6) is 0.975. The normalized spacial score (nSPS) is 14.4. The summed E-state index contributed by atoms with van der Waals surface area (Å²) in [6, 6.07) is 16.9. The predicted molar refractivity (Wildman–Crippen MR) is 97.9 cm³/mol. The zero-order valence-electron chi connectivity index (χ0n) is 14.4. The lowest BCUT2D eigenvalue weighted by molar-refractivity contribution is 0.402. The predicted octanol–water partition coefficient (Wildman–Crippen LogP) is 5.92. The van der Waals surface area contributed by atoms with Crippen molar-refractivity contribution in [2.24, 2.45) is 0 Å². The van der Waals surface area contributed by atoms with Gasteiger partial charge in [0.1, 0.15) is 5.75 Å². The molecule has 0 N–H and O–H groups in total. The van der Waals surface area contributed by atoms with Crippen molar-refractivity contribution in [3.8, 4) is 16.9 Å². The lowest BCUT2D eigenvalue weighted by atomic mass is 9.76. The topological polar surface area (TPSA) is 9.23 Å². The van der Waals surface area contributed by atoms with E-state index >= 15 is 0 Å². The molecular weight excluding hydrogens is 280 g/mol. The fourth-order valence-corrected chi connectivity index (χ4v) is 3.34. The molecule has 0 atom stereocenters. The molecule has 0 fully saturated rings. The minimum absolute atomic E-state index is 0.0755. The zero-order chi connectivity index (χ0) is 16.4. The van der Waals surface area contributed by atoms with Crippen LogP contribution in [-0.4, -0.2) is 7.11 Å². The summed E-state index contributed by atoms with van der Waals surface area (Å²) in [5.41, 5.74) is 6.30. The third kappa shape index (κ3) is 2.84. The Morgan fingerprint density at radius 2 is 1.70 bits per heavy atom. The van der Waals surface area contributed by atoms with Crippen LogP contribution in [0.3, 0.4) is 0 Å². The summed E-state index contributed by atoms with van der Waals surface area (Å²) in [7, 11) is 1.77. The van der Waals surface area contributed by atoms with Gasteiger partial charge in [0.2, 0.25) is 0 Å². The van der Waals surface area contributed by atoms with Crippen LogP contribution in [0.2, 0.25) is 0 Å². The van der Waals surface area contributed by atoms with Gasteiger partial charge in [-0.3, -0.25) is 0 Å². The second-order valence-corrected chi connectivity index (χ2v) is 6.73. The molecule has 3 rings (SSSR count). The van der Waals surface area contributed by atoms with E-state index in [1.165, 1.54) is 22.3 Å². The van der Waals surface area contributed by atoms with Gasteiger partial charge in [-0.1, -0.05) is 80.1 Å². The third-order valence-electron chi connectivity index (χ3n) is 4.74. The van der Waals surface area contributed by atoms with Gasteiger partial charge in [0.05, 0.1) is 7.11 Å². The summed E-state index contributed by atoms with van der Waals surface area (Å²) in [6.07, 6.45) is 5.71. The Labute approximate surface area is 139 Å². The molecule has 0 saturated carbocycles. The third-order valence-corrected chi connectivity index (χ3v) is 4.74. The molecule has 0 aliphatic heterocycles. The van der Waals surface area contributed by atoms with Gasteiger partial charge >= 0.3 is 0 Å². The molecule has 0 unspecified atom stereocenters. The van der Waals surface area contributed by atoms with E-state index in [-0.39, 0.29) is 5.41 Å². The van der Waals surface area contributed by atoms with Gasteiger partial charge in [-0.25, -0.2) is 0 Å². The van der Waals surface area contributed by atoms with Crippen molar-refractivity contribution in [1.82, 2.24) is 0 Å². The molecular formula is C22H24O. The van der Waals surface area contributed by atoms with E-state index in [9.17, 15) is 0 Å². The average Bonchev–Trinajstić information content (AvgIpc) is 3.02. The van der Waals surface area contributed by atoms with Crippen LogP contribution in [0.5, 0.6) is 5.75 Å². The summed E-state index contributed by atoms with van der Waals surface area (Å²) >= 11 is 0. The van der Waals surface area contributed by atoms with Crippen molar-refractivity contribution < 1.29 is 4.74 Å².